The first-order valence-electron chi connectivity index (χ1n) is 5.71. The Morgan fingerprint density at radius 2 is 1.95 bits per heavy atom. The van der Waals surface area contributed by atoms with Gasteiger partial charge in [0, 0.05) is 12.0 Å². The molecule has 0 unspecified atom stereocenters. The number of benzene rings is 2. The Kier molecular flexibility index (Phi) is 3.96. The molecule has 0 aliphatic carbocycles. The van der Waals surface area contributed by atoms with Crippen LogP contribution in [-0.2, 0) is 6.42 Å². The van der Waals surface area contributed by atoms with E-state index in [-0.39, 0.29) is 17.2 Å². The van der Waals surface area contributed by atoms with E-state index in [0.717, 1.165) is 0 Å². The van der Waals surface area contributed by atoms with Crippen LogP contribution in [0.25, 0.3) is 0 Å². The van der Waals surface area contributed by atoms with Crippen LogP contribution in [0.3, 0.4) is 0 Å². The van der Waals surface area contributed by atoms with Crippen molar-refractivity contribution in [2.45, 2.75) is 13.3 Å². The van der Waals surface area contributed by atoms with Crippen molar-refractivity contribution < 1.29 is 13.6 Å². The van der Waals surface area contributed by atoms with E-state index in [9.17, 15) is 13.6 Å². The number of aryl methyl sites for hydroxylation is 1. The fraction of sp³-hybridized carbons (Fsp3) is 0.133. The lowest BCUT2D eigenvalue weighted by Crippen LogP contribution is -2.07. The van der Waals surface area contributed by atoms with Gasteiger partial charge in [-0.15, -0.1) is 0 Å². The molecule has 0 aromatic heterocycles. The molecular formula is C15H11ClF2O. The zero-order valence-electron chi connectivity index (χ0n) is 10.2. The molecule has 0 saturated carbocycles. The summed E-state index contributed by atoms with van der Waals surface area (Å²) in [5.74, 6) is -1.33. The third kappa shape index (κ3) is 2.99. The van der Waals surface area contributed by atoms with Crippen LogP contribution in [0.1, 0.15) is 21.5 Å². The lowest BCUT2D eigenvalue weighted by Gasteiger charge is -2.07. The van der Waals surface area contributed by atoms with Crippen molar-refractivity contribution in [3.8, 4) is 0 Å². The number of Topliss-reactive ketones (excluding diaryl/α,β-unsaturated/α-hetero) is 1. The van der Waals surface area contributed by atoms with E-state index < -0.39 is 11.6 Å². The minimum atomic E-state index is -0.567. The molecule has 2 aromatic carbocycles. The van der Waals surface area contributed by atoms with Gasteiger partial charge in [-0.05, 0) is 36.2 Å². The van der Waals surface area contributed by atoms with Crippen LogP contribution in [-0.4, -0.2) is 5.78 Å². The molecule has 0 radical (unpaired) electrons. The topological polar surface area (TPSA) is 17.1 Å². The van der Waals surface area contributed by atoms with Crippen molar-refractivity contribution in [1.82, 2.24) is 0 Å². The van der Waals surface area contributed by atoms with Gasteiger partial charge >= 0.3 is 0 Å². The highest BCUT2D eigenvalue weighted by molar-refractivity contribution is 6.31. The molecule has 0 fully saturated rings. The van der Waals surface area contributed by atoms with Crippen LogP contribution in [0.4, 0.5) is 8.78 Å². The van der Waals surface area contributed by atoms with Crippen LogP contribution in [0, 0.1) is 18.6 Å². The molecule has 2 rings (SSSR count). The minimum Gasteiger partial charge on any atom is -0.294 e. The average Bonchev–Trinajstić information content (AvgIpc) is 2.38. The molecule has 0 aliphatic rings. The SMILES string of the molecule is Cc1ccc(F)cc1C(=O)Cc1cccc(F)c1Cl. The van der Waals surface area contributed by atoms with Gasteiger partial charge in [0.05, 0.1) is 5.02 Å². The molecule has 0 saturated heterocycles. The first-order chi connectivity index (χ1) is 8.99. The number of hydrogen-bond donors (Lipinski definition) is 0. The number of carbonyl (C=O) groups is 1. The summed E-state index contributed by atoms with van der Waals surface area (Å²) < 4.78 is 26.4. The molecule has 2 aromatic rings. The summed E-state index contributed by atoms with van der Waals surface area (Å²) in [5.41, 5.74) is 1.37. The Morgan fingerprint density at radius 1 is 1.21 bits per heavy atom. The van der Waals surface area contributed by atoms with E-state index in [4.69, 9.17) is 11.6 Å². The number of ketones is 1. The highest BCUT2D eigenvalue weighted by Crippen LogP contribution is 2.22. The van der Waals surface area contributed by atoms with Gasteiger partial charge in [0.1, 0.15) is 11.6 Å². The standard InChI is InChI=1S/C15H11ClF2O/c1-9-5-6-11(17)8-12(9)14(19)7-10-3-2-4-13(18)15(10)16/h2-6,8H,7H2,1H3. The van der Waals surface area contributed by atoms with Crippen molar-refractivity contribution in [1.29, 1.82) is 0 Å². The highest BCUT2D eigenvalue weighted by Gasteiger charge is 2.14. The Labute approximate surface area is 114 Å². The van der Waals surface area contributed by atoms with Gasteiger partial charge in [0.15, 0.2) is 5.78 Å². The second kappa shape index (κ2) is 5.49. The van der Waals surface area contributed by atoms with Crippen molar-refractivity contribution in [3.05, 3.63) is 69.7 Å². The van der Waals surface area contributed by atoms with Crippen molar-refractivity contribution in [2.24, 2.45) is 0 Å². The fourth-order valence-electron chi connectivity index (χ4n) is 1.85. The zero-order chi connectivity index (χ0) is 14.0. The molecular weight excluding hydrogens is 270 g/mol. The van der Waals surface area contributed by atoms with Gasteiger partial charge in [0.2, 0.25) is 0 Å². The molecule has 0 amide bonds. The summed E-state index contributed by atoms with van der Waals surface area (Å²) in [6, 6.07) is 8.31. The maximum Gasteiger partial charge on any atom is 0.167 e. The molecule has 0 heterocycles. The number of hydrogen-bond acceptors (Lipinski definition) is 1. The summed E-state index contributed by atoms with van der Waals surface area (Å²) in [4.78, 5) is 12.1. The third-order valence-corrected chi connectivity index (χ3v) is 3.31. The maximum atomic E-state index is 13.3. The van der Waals surface area contributed by atoms with E-state index in [2.05, 4.69) is 0 Å². The van der Waals surface area contributed by atoms with Crippen molar-refractivity contribution in [2.75, 3.05) is 0 Å². The van der Waals surface area contributed by atoms with Gasteiger partial charge < -0.3 is 0 Å². The average molecular weight is 281 g/mol. The molecule has 0 spiro atoms. The summed E-state index contributed by atoms with van der Waals surface area (Å²) in [5, 5.41) is -0.0649. The van der Waals surface area contributed by atoms with Gasteiger partial charge in [-0.2, -0.15) is 0 Å². The second-order valence-electron chi connectivity index (χ2n) is 4.27. The predicted molar refractivity (Wildman–Crippen MR) is 70.6 cm³/mol. The van der Waals surface area contributed by atoms with Crippen LogP contribution >= 0.6 is 11.6 Å². The lowest BCUT2D eigenvalue weighted by molar-refractivity contribution is 0.0992. The monoisotopic (exact) mass is 280 g/mol. The fourth-order valence-corrected chi connectivity index (χ4v) is 2.04. The first-order valence-corrected chi connectivity index (χ1v) is 6.09. The molecule has 0 aliphatic heterocycles. The quantitative estimate of drug-likeness (QED) is 0.764. The molecule has 98 valence electrons. The Hall–Kier alpha value is -1.74. The molecule has 1 nitrogen and oxygen atoms in total. The number of halogens is 3. The highest BCUT2D eigenvalue weighted by atomic mass is 35.5. The van der Waals surface area contributed by atoms with Gasteiger partial charge in [-0.1, -0.05) is 29.8 Å². The normalized spacial score (nSPS) is 10.5. The van der Waals surface area contributed by atoms with Gasteiger partial charge in [-0.3, -0.25) is 4.79 Å². The Bertz CT molecular complexity index is 638. The van der Waals surface area contributed by atoms with Crippen LogP contribution in [0.15, 0.2) is 36.4 Å². The van der Waals surface area contributed by atoms with E-state index in [1.165, 1.54) is 30.3 Å². The third-order valence-electron chi connectivity index (χ3n) is 2.88. The van der Waals surface area contributed by atoms with E-state index >= 15 is 0 Å². The van der Waals surface area contributed by atoms with Crippen LogP contribution < -0.4 is 0 Å². The maximum absolute atomic E-state index is 13.3. The van der Waals surface area contributed by atoms with Gasteiger partial charge in [-0.25, -0.2) is 8.78 Å². The first kappa shape index (κ1) is 13.7. The number of carbonyl (C=O) groups excluding carboxylic acids is 1. The largest absolute Gasteiger partial charge is 0.294 e. The van der Waals surface area contributed by atoms with E-state index in [1.807, 2.05) is 0 Å². The zero-order valence-corrected chi connectivity index (χ0v) is 11.0. The number of rotatable bonds is 3. The predicted octanol–water partition coefficient (Wildman–Crippen LogP) is 4.35. The summed E-state index contributed by atoms with van der Waals surface area (Å²) in [7, 11) is 0. The second-order valence-corrected chi connectivity index (χ2v) is 4.65. The summed E-state index contributed by atoms with van der Waals surface area (Å²) in [6.07, 6.45) is -0.0547. The van der Waals surface area contributed by atoms with Crippen molar-refractivity contribution in [3.63, 3.8) is 0 Å². The molecule has 4 heteroatoms. The Balaban J connectivity index is 2.31. The molecule has 0 N–H and O–H groups in total. The van der Waals surface area contributed by atoms with E-state index in [1.54, 1.807) is 13.0 Å². The molecule has 0 bridgehead atoms. The van der Waals surface area contributed by atoms with E-state index in [0.29, 0.717) is 16.7 Å². The summed E-state index contributed by atoms with van der Waals surface area (Å²) in [6.45, 7) is 1.72. The summed E-state index contributed by atoms with van der Waals surface area (Å²) >= 11 is 5.79. The smallest absolute Gasteiger partial charge is 0.167 e. The van der Waals surface area contributed by atoms with Crippen molar-refractivity contribution >= 4 is 17.4 Å². The minimum absolute atomic E-state index is 0.0547. The van der Waals surface area contributed by atoms with Gasteiger partial charge in [0.25, 0.3) is 0 Å². The Morgan fingerprint density at radius 3 is 2.68 bits per heavy atom. The van der Waals surface area contributed by atoms with Crippen LogP contribution in [0.5, 0.6) is 0 Å². The molecule has 19 heavy (non-hydrogen) atoms. The van der Waals surface area contributed by atoms with Crippen LogP contribution in [0.2, 0.25) is 5.02 Å². The molecule has 0 atom stereocenters. The lowest BCUT2D eigenvalue weighted by atomic mass is 9.99.